The van der Waals surface area contributed by atoms with E-state index in [1.54, 1.807) is 13.0 Å². The summed E-state index contributed by atoms with van der Waals surface area (Å²) >= 11 is 0. The zero-order valence-corrected chi connectivity index (χ0v) is 11.4. The van der Waals surface area contributed by atoms with Crippen molar-refractivity contribution in [3.8, 4) is 0 Å². The molecule has 1 aromatic carbocycles. The molecular formula is C15H22FNO. The van der Waals surface area contributed by atoms with Gasteiger partial charge in [0, 0.05) is 25.1 Å². The molecule has 1 aliphatic heterocycles. The van der Waals surface area contributed by atoms with Crippen LogP contribution in [0, 0.1) is 18.7 Å². The summed E-state index contributed by atoms with van der Waals surface area (Å²) in [5.41, 5.74) is 1.65. The van der Waals surface area contributed by atoms with Gasteiger partial charge in [-0.15, -0.1) is 0 Å². The zero-order chi connectivity index (χ0) is 13.1. The average molecular weight is 251 g/mol. The molecule has 0 bridgehead atoms. The van der Waals surface area contributed by atoms with Crippen molar-refractivity contribution in [3.05, 3.63) is 35.1 Å². The molecule has 1 aromatic rings. The molecule has 18 heavy (non-hydrogen) atoms. The van der Waals surface area contributed by atoms with Crippen molar-refractivity contribution < 1.29 is 9.13 Å². The van der Waals surface area contributed by atoms with E-state index in [-0.39, 0.29) is 11.9 Å². The van der Waals surface area contributed by atoms with Crippen molar-refractivity contribution in [1.82, 2.24) is 5.32 Å². The summed E-state index contributed by atoms with van der Waals surface area (Å²) in [7, 11) is 0. The lowest BCUT2D eigenvalue weighted by Gasteiger charge is -2.21. The Bertz CT molecular complexity index is 405. The minimum Gasteiger partial charge on any atom is -0.373 e. The Hall–Kier alpha value is -0.930. The highest BCUT2D eigenvalue weighted by molar-refractivity contribution is 5.26. The van der Waals surface area contributed by atoms with E-state index in [1.165, 1.54) is 0 Å². The monoisotopic (exact) mass is 251 g/mol. The molecule has 0 radical (unpaired) electrons. The van der Waals surface area contributed by atoms with Crippen molar-refractivity contribution >= 4 is 0 Å². The molecule has 1 aliphatic rings. The number of halogens is 1. The second-order valence-corrected chi connectivity index (χ2v) is 5.41. The van der Waals surface area contributed by atoms with Gasteiger partial charge < -0.3 is 10.1 Å². The van der Waals surface area contributed by atoms with Gasteiger partial charge in [0.15, 0.2) is 0 Å². The molecule has 0 amide bonds. The van der Waals surface area contributed by atoms with E-state index in [2.05, 4.69) is 19.2 Å². The Morgan fingerprint density at radius 2 is 2.22 bits per heavy atom. The van der Waals surface area contributed by atoms with Crippen molar-refractivity contribution in [2.45, 2.75) is 39.3 Å². The molecule has 1 heterocycles. The molecule has 2 atom stereocenters. The third kappa shape index (κ3) is 3.09. The van der Waals surface area contributed by atoms with Crippen LogP contribution in [0.4, 0.5) is 4.39 Å². The fourth-order valence-electron chi connectivity index (χ4n) is 2.38. The lowest BCUT2D eigenvalue weighted by Crippen LogP contribution is -2.30. The summed E-state index contributed by atoms with van der Waals surface area (Å²) < 4.78 is 19.4. The van der Waals surface area contributed by atoms with E-state index < -0.39 is 0 Å². The van der Waals surface area contributed by atoms with Gasteiger partial charge in [-0.05, 0) is 30.5 Å². The first-order chi connectivity index (χ1) is 8.58. The summed E-state index contributed by atoms with van der Waals surface area (Å²) in [6, 6.07) is 5.91. The lowest BCUT2D eigenvalue weighted by molar-refractivity contribution is 0.0898. The number of hydrogen-bond acceptors (Lipinski definition) is 2. The molecule has 2 nitrogen and oxygen atoms in total. The molecule has 1 saturated heterocycles. The van der Waals surface area contributed by atoms with Crippen LogP contribution in [0.3, 0.4) is 0 Å². The van der Waals surface area contributed by atoms with Crippen LogP contribution in [0.15, 0.2) is 18.2 Å². The van der Waals surface area contributed by atoms with Crippen LogP contribution in [-0.4, -0.2) is 19.2 Å². The maximum Gasteiger partial charge on any atom is 0.126 e. The maximum atomic E-state index is 13.6. The summed E-state index contributed by atoms with van der Waals surface area (Å²) in [5.74, 6) is 0.299. The number of aryl methyl sites for hydroxylation is 1. The normalized spacial score (nSPS) is 23.8. The first-order valence-corrected chi connectivity index (χ1v) is 6.69. The molecule has 1 fully saturated rings. The highest BCUT2D eigenvalue weighted by atomic mass is 19.1. The van der Waals surface area contributed by atoms with Crippen LogP contribution in [-0.2, 0) is 4.74 Å². The SMILES string of the molecule is Cc1ccc(C2OCCC2CNC(C)C)cc1F. The molecule has 0 spiro atoms. The highest BCUT2D eigenvalue weighted by Crippen LogP contribution is 2.34. The number of benzene rings is 1. The van der Waals surface area contributed by atoms with E-state index in [1.807, 2.05) is 12.1 Å². The van der Waals surface area contributed by atoms with Crippen LogP contribution in [0.25, 0.3) is 0 Å². The minimum absolute atomic E-state index is 0.0337. The van der Waals surface area contributed by atoms with Crippen LogP contribution < -0.4 is 5.32 Å². The van der Waals surface area contributed by atoms with E-state index in [0.29, 0.717) is 17.5 Å². The highest BCUT2D eigenvalue weighted by Gasteiger charge is 2.29. The van der Waals surface area contributed by atoms with Crippen LogP contribution in [0.2, 0.25) is 0 Å². The van der Waals surface area contributed by atoms with Crippen molar-refractivity contribution in [2.75, 3.05) is 13.2 Å². The van der Waals surface area contributed by atoms with Gasteiger partial charge in [0.2, 0.25) is 0 Å². The fraction of sp³-hybridized carbons (Fsp3) is 0.600. The smallest absolute Gasteiger partial charge is 0.126 e. The Morgan fingerprint density at radius 1 is 1.44 bits per heavy atom. The second-order valence-electron chi connectivity index (χ2n) is 5.41. The lowest BCUT2D eigenvalue weighted by atomic mass is 9.94. The van der Waals surface area contributed by atoms with E-state index in [4.69, 9.17) is 4.74 Å². The number of nitrogens with one attached hydrogen (secondary N) is 1. The fourth-order valence-corrected chi connectivity index (χ4v) is 2.38. The number of hydrogen-bond donors (Lipinski definition) is 1. The minimum atomic E-state index is -0.140. The van der Waals surface area contributed by atoms with Gasteiger partial charge >= 0.3 is 0 Å². The Labute approximate surface area is 109 Å². The summed E-state index contributed by atoms with van der Waals surface area (Å²) in [6.07, 6.45) is 1.08. The number of ether oxygens (including phenoxy) is 1. The van der Waals surface area contributed by atoms with Crippen molar-refractivity contribution in [1.29, 1.82) is 0 Å². The maximum absolute atomic E-state index is 13.6. The standard InChI is InChI=1S/C15H22FNO/c1-10(2)17-9-13-6-7-18-15(13)12-5-4-11(3)14(16)8-12/h4-5,8,10,13,15,17H,6-7,9H2,1-3H3. The number of rotatable bonds is 4. The third-order valence-electron chi connectivity index (χ3n) is 3.53. The van der Waals surface area contributed by atoms with Gasteiger partial charge in [0.05, 0.1) is 6.10 Å². The molecule has 0 saturated carbocycles. The first-order valence-electron chi connectivity index (χ1n) is 6.69. The topological polar surface area (TPSA) is 21.3 Å². The Balaban J connectivity index is 2.08. The van der Waals surface area contributed by atoms with E-state index in [0.717, 1.165) is 25.1 Å². The zero-order valence-electron chi connectivity index (χ0n) is 11.4. The molecule has 0 aromatic heterocycles. The summed E-state index contributed by atoms with van der Waals surface area (Å²) in [6.45, 7) is 7.75. The molecular weight excluding hydrogens is 229 g/mol. The molecule has 1 N–H and O–H groups in total. The van der Waals surface area contributed by atoms with Gasteiger partial charge in [-0.3, -0.25) is 0 Å². The molecule has 2 rings (SSSR count). The molecule has 0 aliphatic carbocycles. The summed E-state index contributed by atoms with van der Waals surface area (Å²) in [5, 5.41) is 3.44. The van der Waals surface area contributed by atoms with Gasteiger partial charge in [0.1, 0.15) is 5.82 Å². The Morgan fingerprint density at radius 3 is 2.89 bits per heavy atom. The van der Waals surface area contributed by atoms with Crippen LogP contribution in [0.1, 0.15) is 37.5 Å². The van der Waals surface area contributed by atoms with Gasteiger partial charge in [-0.2, -0.15) is 0 Å². The molecule has 2 unspecified atom stereocenters. The predicted octanol–water partition coefficient (Wildman–Crippen LogP) is 3.21. The van der Waals surface area contributed by atoms with Gasteiger partial charge in [0.25, 0.3) is 0 Å². The largest absolute Gasteiger partial charge is 0.373 e. The van der Waals surface area contributed by atoms with Gasteiger partial charge in [-0.25, -0.2) is 4.39 Å². The van der Waals surface area contributed by atoms with Crippen LogP contribution in [0.5, 0.6) is 0 Å². The van der Waals surface area contributed by atoms with Crippen molar-refractivity contribution in [2.24, 2.45) is 5.92 Å². The third-order valence-corrected chi connectivity index (χ3v) is 3.53. The van der Waals surface area contributed by atoms with E-state index >= 15 is 0 Å². The Kier molecular flexibility index (Phi) is 4.36. The summed E-state index contributed by atoms with van der Waals surface area (Å²) in [4.78, 5) is 0. The quantitative estimate of drug-likeness (QED) is 0.887. The first kappa shape index (κ1) is 13.5. The average Bonchev–Trinajstić information content (AvgIpc) is 2.78. The molecule has 100 valence electrons. The predicted molar refractivity (Wildman–Crippen MR) is 71.1 cm³/mol. The van der Waals surface area contributed by atoms with Crippen molar-refractivity contribution in [3.63, 3.8) is 0 Å². The second kappa shape index (κ2) is 5.81. The van der Waals surface area contributed by atoms with Gasteiger partial charge in [-0.1, -0.05) is 26.0 Å². The van der Waals surface area contributed by atoms with Crippen LogP contribution >= 0.6 is 0 Å². The molecule has 3 heteroatoms. The van der Waals surface area contributed by atoms with E-state index in [9.17, 15) is 4.39 Å².